The van der Waals surface area contributed by atoms with Crippen LogP contribution in [0.1, 0.15) is 15.9 Å². The predicted molar refractivity (Wildman–Crippen MR) is 97.8 cm³/mol. The molecule has 0 aliphatic heterocycles. The summed E-state index contributed by atoms with van der Waals surface area (Å²) in [6, 6.07) is 16.1. The van der Waals surface area contributed by atoms with E-state index >= 15 is 0 Å². The van der Waals surface area contributed by atoms with E-state index in [2.05, 4.69) is 9.97 Å². The zero-order chi connectivity index (χ0) is 17.9. The summed E-state index contributed by atoms with van der Waals surface area (Å²) < 4.78 is 10.9. The number of fused-ring (bicyclic) bond motifs is 1. The second-order valence-electron chi connectivity index (χ2n) is 5.61. The number of carbonyl (C=O) groups excluding carboxylic acids is 1. The molecule has 128 valence electrons. The standard InChI is InChI=1S/C20H13ClN2O3/c21-19-8-7-13(11-22-19)12-26-20(24)15-10-17(18-6-3-9-25-18)23-16-5-2-1-4-14(15)16/h1-11H,12H2. The zero-order valence-corrected chi connectivity index (χ0v) is 14.3. The number of hydrogen-bond acceptors (Lipinski definition) is 5. The quantitative estimate of drug-likeness (QED) is 0.380. The number of halogens is 1. The fourth-order valence-electron chi connectivity index (χ4n) is 2.61. The fraction of sp³-hybridized carbons (Fsp3) is 0.0500. The highest BCUT2D eigenvalue weighted by atomic mass is 35.5. The van der Waals surface area contributed by atoms with E-state index in [-0.39, 0.29) is 6.61 Å². The third-order valence-electron chi connectivity index (χ3n) is 3.87. The van der Waals surface area contributed by atoms with E-state index in [0.717, 1.165) is 10.9 Å². The summed E-state index contributed by atoms with van der Waals surface area (Å²) >= 11 is 5.77. The van der Waals surface area contributed by atoms with Crippen LogP contribution in [0.2, 0.25) is 5.15 Å². The van der Waals surface area contributed by atoms with Gasteiger partial charge in [0.15, 0.2) is 5.76 Å². The van der Waals surface area contributed by atoms with Gasteiger partial charge in [-0.2, -0.15) is 0 Å². The maximum absolute atomic E-state index is 12.7. The summed E-state index contributed by atoms with van der Waals surface area (Å²) in [4.78, 5) is 21.2. The highest BCUT2D eigenvalue weighted by Gasteiger charge is 2.16. The number of para-hydroxylation sites is 1. The molecule has 3 heterocycles. The monoisotopic (exact) mass is 364 g/mol. The molecule has 0 radical (unpaired) electrons. The van der Waals surface area contributed by atoms with Gasteiger partial charge in [0.2, 0.25) is 0 Å². The van der Waals surface area contributed by atoms with E-state index < -0.39 is 5.97 Å². The molecular weight excluding hydrogens is 352 g/mol. The summed E-state index contributed by atoms with van der Waals surface area (Å²) in [6.45, 7) is 0.107. The van der Waals surface area contributed by atoms with Gasteiger partial charge >= 0.3 is 5.97 Å². The molecule has 0 saturated heterocycles. The number of nitrogens with zero attached hydrogens (tertiary/aromatic N) is 2. The minimum atomic E-state index is -0.439. The van der Waals surface area contributed by atoms with Crippen molar-refractivity contribution in [3.05, 3.63) is 83.3 Å². The van der Waals surface area contributed by atoms with Crippen LogP contribution in [-0.2, 0) is 11.3 Å². The minimum Gasteiger partial charge on any atom is -0.463 e. The molecule has 0 amide bonds. The van der Waals surface area contributed by atoms with Crippen LogP contribution < -0.4 is 0 Å². The highest BCUT2D eigenvalue weighted by molar-refractivity contribution is 6.29. The Kier molecular flexibility index (Phi) is 4.37. The van der Waals surface area contributed by atoms with Crippen LogP contribution in [0.3, 0.4) is 0 Å². The Hall–Kier alpha value is -3.18. The highest BCUT2D eigenvalue weighted by Crippen LogP contribution is 2.26. The molecule has 0 atom stereocenters. The molecule has 4 rings (SSSR count). The Morgan fingerprint density at radius 2 is 2.00 bits per heavy atom. The first kappa shape index (κ1) is 16.3. The van der Waals surface area contributed by atoms with Crippen LogP contribution in [0.15, 0.2) is 71.5 Å². The number of rotatable bonds is 4. The Labute approximate surface area is 154 Å². The molecule has 0 aliphatic rings. The van der Waals surface area contributed by atoms with Crippen LogP contribution in [0.4, 0.5) is 0 Å². The molecule has 0 fully saturated rings. The Morgan fingerprint density at radius 3 is 2.77 bits per heavy atom. The molecule has 0 spiro atoms. The number of benzene rings is 1. The van der Waals surface area contributed by atoms with Gasteiger partial charge < -0.3 is 9.15 Å². The first-order chi connectivity index (χ1) is 12.7. The molecule has 0 saturated carbocycles. The average molecular weight is 365 g/mol. The minimum absolute atomic E-state index is 0.107. The first-order valence-electron chi connectivity index (χ1n) is 7.92. The van der Waals surface area contributed by atoms with Gasteiger partial charge in [0, 0.05) is 17.1 Å². The number of aromatic nitrogens is 2. The lowest BCUT2D eigenvalue weighted by Crippen LogP contribution is -2.07. The van der Waals surface area contributed by atoms with Crippen molar-refractivity contribution < 1.29 is 13.9 Å². The largest absolute Gasteiger partial charge is 0.463 e. The van der Waals surface area contributed by atoms with Crippen molar-refractivity contribution in [2.45, 2.75) is 6.61 Å². The van der Waals surface area contributed by atoms with Crippen LogP contribution >= 0.6 is 11.6 Å². The van der Waals surface area contributed by atoms with Crippen molar-refractivity contribution in [1.29, 1.82) is 0 Å². The molecule has 0 N–H and O–H groups in total. The normalized spacial score (nSPS) is 10.8. The van der Waals surface area contributed by atoms with Gasteiger partial charge in [-0.25, -0.2) is 14.8 Å². The van der Waals surface area contributed by atoms with Gasteiger partial charge in [-0.05, 0) is 30.3 Å². The van der Waals surface area contributed by atoms with Gasteiger partial charge in [0.25, 0.3) is 0 Å². The van der Waals surface area contributed by atoms with E-state index in [1.165, 1.54) is 0 Å². The first-order valence-corrected chi connectivity index (χ1v) is 8.30. The maximum atomic E-state index is 12.7. The number of pyridine rings is 2. The summed E-state index contributed by atoms with van der Waals surface area (Å²) in [5.41, 5.74) is 2.46. The molecule has 4 aromatic rings. The van der Waals surface area contributed by atoms with Gasteiger partial charge in [-0.3, -0.25) is 0 Å². The SMILES string of the molecule is O=C(OCc1ccc(Cl)nc1)c1cc(-c2ccco2)nc2ccccc12. The summed E-state index contributed by atoms with van der Waals surface area (Å²) in [7, 11) is 0. The van der Waals surface area contributed by atoms with Crippen molar-refractivity contribution in [3.8, 4) is 11.5 Å². The molecule has 1 aromatic carbocycles. The lowest BCUT2D eigenvalue weighted by atomic mass is 10.1. The molecule has 5 nitrogen and oxygen atoms in total. The lowest BCUT2D eigenvalue weighted by molar-refractivity contribution is 0.0474. The number of hydrogen-bond donors (Lipinski definition) is 0. The van der Waals surface area contributed by atoms with Gasteiger partial charge in [-0.15, -0.1) is 0 Å². The Bertz CT molecular complexity index is 1060. The molecule has 26 heavy (non-hydrogen) atoms. The fourth-order valence-corrected chi connectivity index (χ4v) is 2.73. The van der Waals surface area contributed by atoms with Crippen LogP contribution in [0.25, 0.3) is 22.4 Å². The zero-order valence-electron chi connectivity index (χ0n) is 13.6. The van der Waals surface area contributed by atoms with Crippen molar-refractivity contribution in [2.24, 2.45) is 0 Å². The van der Waals surface area contributed by atoms with Gasteiger partial charge in [0.05, 0.1) is 17.3 Å². The third kappa shape index (κ3) is 3.30. The number of ether oxygens (including phenoxy) is 1. The molecule has 6 heteroatoms. The smallest absolute Gasteiger partial charge is 0.339 e. The van der Waals surface area contributed by atoms with Crippen LogP contribution in [0, 0.1) is 0 Å². The number of esters is 1. The second-order valence-corrected chi connectivity index (χ2v) is 6.00. The average Bonchev–Trinajstić information content (AvgIpc) is 3.21. The van der Waals surface area contributed by atoms with Crippen molar-refractivity contribution >= 4 is 28.5 Å². The van der Waals surface area contributed by atoms with E-state index in [9.17, 15) is 4.79 Å². The lowest BCUT2D eigenvalue weighted by Gasteiger charge is -2.09. The molecule has 0 aliphatic carbocycles. The third-order valence-corrected chi connectivity index (χ3v) is 4.09. The maximum Gasteiger partial charge on any atom is 0.339 e. The number of furan rings is 1. The van der Waals surface area contributed by atoms with Crippen molar-refractivity contribution in [1.82, 2.24) is 9.97 Å². The summed E-state index contributed by atoms with van der Waals surface area (Å²) in [5, 5.41) is 1.12. The topological polar surface area (TPSA) is 65.2 Å². The van der Waals surface area contributed by atoms with E-state index in [4.69, 9.17) is 20.8 Å². The molecule has 0 bridgehead atoms. The molecule has 0 unspecified atom stereocenters. The Morgan fingerprint density at radius 1 is 1.12 bits per heavy atom. The molecular formula is C20H13ClN2O3. The van der Waals surface area contributed by atoms with E-state index in [1.807, 2.05) is 24.3 Å². The number of carbonyl (C=O) groups is 1. The van der Waals surface area contributed by atoms with Crippen LogP contribution in [0.5, 0.6) is 0 Å². The van der Waals surface area contributed by atoms with E-state index in [0.29, 0.717) is 27.7 Å². The van der Waals surface area contributed by atoms with Crippen LogP contribution in [-0.4, -0.2) is 15.9 Å². The van der Waals surface area contributed by atoms with E-state index in [1.54, 1.807) is 42.8 Å². The molecule has 3 aromatic heterocycles. The second kappa shape index (κ2) is 6.98. The summed E-state index contributed by atoms with van der Waals surface area (Å²) in [5.74, 6) is 0.151. The van der Waals surface area contributed by atoms with Gasteiger partial charge in [-0.1, -0.05) is 35.9 Å². The predicted octanol–water partition coefficient (Wildman–Crippen LogP) is 4.90. The van der Waals surface area contributed by atoms with Crippen molar-refractivity contribution in [3.63, 3.8) is 0 Å². The van der Waals surface area contributed by atoms with Gasteiger partial charge in [0.1, 0.15) is 17.5 Å². The Balaban J connectivity index is 1.67. The van der Waals surface area contributed by atoms with Crippen molar-refractivity contribution in [2.75, 3.05) is 0 Å². The summed E-state index contributed by atoms with van der Waals surface area (Å²) in [6.07, 6.45) is 3.15.